The summed E-state index contributed by atoms with van der Waals surface area (Å²) in [4.78, 5) is 16.0. The van der Waals surface area contributed by atoms with Crippen molar-refractivity contribution in [2.24, 2.45) is 0 Å². The van der Waals surface area contributed by atoms with Crippen LogP contribution in [0.25, 0.3) is 34.3 Å². The minimum Gasteiger partial charge on any atom is -0.492 e. The van der Waals surface area contributed by atoms with Gasteiger partial charge < -0.3 is 9.15 Å². The number of rotatable bonds is 8. The van der Waals surface area contributed by atoms with E-state index >= 15 is 0 Å². The molecule has 9 heteroatoms. The van der Waals surface area contributed by atoms with Crippen LogP contribution < -0.4 is 4.74 Å². The van der Waals surface area contributed by atoms with E-state index in [1.165, 1.54) is 12.8 Å². The fourth-order valence-corrected chi connectivity index (χ4v) is 4.21. The normalized spacial score (nSPS) is 14.0. The molecule has 0 atom stereocenters. The van der Waals surface area contributed by atoms with Gasteiger partial charge in [-0.3, -0.25) is 14.9 Å². The Morgan fingerprint density at radius 1 is 1.03 bits per heavy atom. The molecule has 0 amide bonds. The van der Waals surface area contributed by atoms with Gasteiger partial charge in [0, 0.05) is 23.9 Å². The van der Waals surface area contributed by atoms with E-state index in [1.807, 2.05) is 57.2 Å². The Labute approximate surface area is 216 Å². The van der Waals surface area contributed by atoms with Crippen LogP contribution in [0.15, 0.2) is 53.2 Å². The minimum absolute atomic E-state index is 0.291. The van der Waals surface area contributed by atoms with Crippen molar-refractivity contribution in [3.63, 3.8) is 0 Å². The van der Waals surface area contributed by atoms with Gasteiger partial charge in [-0.1, -0.05) is 0 Å². The number of nitriles is 1. The van der Waals surface area contributed by atoms with Gasteiger partial charge in [0.2, 0.25) is 5.89 Å². The topological polar surface area (TPSA) is 114 Å². The highest BCUT2D eigenvalue weighted by molar-refractivity contribution is 5.64. The molecule has 0 radical (unpaired) electrons. The van der Waals surface area contributed by atoms with Crippen molar-refractivity contribution in [1.29, 1.82) is 5.26 Å². The van der Waals surface area contributed by atoms with Crippen LogP contribution in [-0.4, -0.2) is 56.3 Å². The molecule has 37 heavy (non-hydrogen) atoms. The van der Waals surface area contributed by atoms with Gasteiger partial charge in [-0.05, 0) is 83.1 Å². The summed E-state index contributed by atoms with van der Waals surface area (Å²) in [7, 11) is 0. The first-order valence-corrected chi connectivity index (χ1v) is 12.4. The zero-order valence-corrected chi connectivity index (χ0v) is 21.3. The molecule has 1 aromatic carbocycles. The van der Waals surface area contributed by atoms with Crippen LogP contribution in [0.2, 0.25) is 0 Å². The van der Waals surface area contributed by atoms with E-state index in [2.05, 4.69) is 31.1 Å². The lowest BCUT2D eigenvalue weighted by Gasteiger charge is -2.15. The lowest BCUT2D eigenvalue weighted by Crippen LogP contribution is -2.25. The van der Waals surface area contributed by atoms with Crippen molar-refractivity contribution in [3.05, 3.63) is 60.2 Å². The highest BCUT2D eigenvalue weighted by Gasteiger charge is 2.22. The molecule has 1 saturated heterocycles. The Bertz CT molecular complexity index is 1420. The van der Waals surface area contributed by atoms with Crippen LogP contribution in [0.3, 0.4) is 0 Å². The smallest absolute Gasteiger partial charge is 0.268 e. The molecule has 1 fully saturated rings. The standard InChI is InChI=1S/C28H29N7O2/c1-19-25(32-23(17-31-19)21-10-11-30-24(16-21)28(2,3)18-29)27-34-33-26(37-27)20-6-8-22(9-7-20)36-15-14-35-12-4-5-13-35/h6-11,16-17H,4-5,12-15H2,1-3H3. The Morgan fingerprint density at radius 3 is 2.54 bits per heavy atom. The third-order valence-electron chi connectivity index (χ3n) is 6.53. The summed E-state index contributed by atoms with van der Waals surface area (Å²) in [5.41, 5.74) is 3.37. The van der Waals surface area contributed by atoms with Crippen LogP contribution in [0.1, 0.15) is 38.1 Å². The maximum atomic E-state index is 9.47. The second-order valence-corrected chi connectivity index (χ2v) is 9.69. The van der Waals surface area contributed by atoms with E-state index < -0.39 is 5.41 Å². The molecular formula is C28H29N7O2. The highest BCUT2D eigenvalue weighted by atomic mass is 16.5. The van der Waals surface area contributed by atoms with E-state index in [-0.39, 0.29) is 0 Å². The van der Waals surface area contributed by atoms with Crippen LogP contribution in [0, 0.1) is 18.3 Å². The van der Waals surface area contributed by atoms with E-state index in [1.54, 1.807) is 12.4 Å². The average Bonchev–Trinajstić information content (AvgIpc) is 3.62. The fraction of sp³-hybridized carbons (Fsp3) is 0.357. The second-order valence-electron chi connectivity index (χ2n) is 9.69. The van der Waals surface area contributed by atoms with E-state index in [4.69, 9.17) is 14.1 Å². The van der Waals surface area contributed by atoms with E-state index in [0.29, 0.717) is 41.2 Å². The lowest BCUT2D eigenvalue weighted by atomic mass is 9.90. The van der Waals surface area contributed by atoms with Crippen molar-refractivity contribution < 1.29 is 9.15 Å². The zero-order valence-electron chi connectivity index (χ0n) is 21.3. The molecule has 188 valence electrons. The molecule has 3 aromatic heterocycles. The summed E-state index contributed by atoms with van der Waals surface area (Å²) in [5, 5.41) is 17.9. The van der Waals surface area contributed by atoms with Crippen LogP contribution in [0.4, 0.5) is 0 Å². The summed E-state index contributed by atoms with van der Waals surface area (Å²) < 4.78 is 11.9. The molecule has 4 heterocycles. The first-order valence-electron chi connectivity index (χ1n) is 12.4. The molecule has 1 aliphatic heterocycles. The van der Waals surface area contributed by atoms with Gasteiger partial charge in [-0.25, -0.2) is 4.98 Å². The lowest BCUT2D eigenvalue weighted by molar-refractivity contribution is 0.238. The Hall–Kier alpha value is -4.16. The molecule has 0 unspecified atom stereocenters. The summed E-state index contributed by atoms with van der Waals surface area (Å²) in [5.74, 6) is 1.50. The third kappa shape index (κ3) is 5.49. The number of ether oxygens (including phenoxy) is 1. The molecule has 5 rings (SSSR count). The SMILES string of the molecule is Cc1ncc(-c2ccnc(C(C)(C)C#N)c2)nc1-c1nnc(-c2ccc(OCCN3CCCC3)cc2)o1. The molecular weight excluding hydrogens is 466 g/mol. The van der Waals surface area contributed by atoms with Crippen molar-refractivity contribution >= 4 is 0 Å². The quantitative estimate of drug-likeness (QED) is 0.339. The maximum absolute atomic E-state index is 9.47. The fourth-order valence-electron chi connectivity index (χ4n) is 4.21. The Kier molecular flexibility index (Phi) is 6.93. The van der Waals surface area contributed by atoms with Gasteiger partial charge in [0.05, 0.1) is 34.8 Å². The summed E-state index contributed by atoms with van der Waals surface area (Å²) in [6, 6.07) is 13.6. The summed E-state index contributed by atoms with van der Waals surface area (Å²) >= 11 is 0. The van der Waals surface area contributed by atoms with Gasteiger partial charge >= 0.3 is 0 Å². The summed E-state index contributed by atoms with van der Waals surface area (Å²) in [6.45, 7) is 9.46. The maximum Gasteiger partial charge on any atom is 0.268 e. The highest BCUT2D eigenvalue weighted by Crippen LogP contribution is 2.29. The van der Waals surface area contributed by atoms with Gasteiger partial charge in [0.25, 0.3) is 5.89 Å². The van der Waals surface area contributed by atoms with Gasteiger partial charge in [0.15, 0.2) is 0 Å². The first-order chi connectivity index (χ1) is 17.9. The number of aryl methyl sites for hydroxylation is 1. The second kappa shape index (κ2) is 10.4. The van der Waals surface area contributed by atoms with Crippen molar-refractivity contribution in [2.45, 2.75) is 39.0 Å². The Morgan fingerprint density at radius 2 is 1.78 bits per heavy atom. The number of aromatic nitrogens is 5. The number of nitrogens with zero attached hydrogens (tertiary/aromatic N) is 7. The summed E-state index contributed by atoms with van der Waals surface area (Å²) in [6.07, 6.45) is 5.93. The molecule has 9 nitrogen and oxygen atoms in total. The van der Waals surface area contributed by atoms with Gasteiger partial charge in [-0.2, -0.15) is 5.26 Å². The monoisotopic (exact) mass is 495 g/mol. The van der Waals surface area contributed by atoms with E-state index in [0.717, 1.165) is 36.5 Å². The van der Waals surface area contributed by atoms with Crippen LogP contribution in [-0.2, 0) is 5.41 Å². The molecule has 0 N–H and O–H groups in total. The van der Waals surface area contributed by atoms with Crippen LogP contribution >= 0.6 is 0 Å². The number of benzene rings is 1. The third-order valence-corrected chi connectivity index (χ3v) is 6.53. The van der Waals surface area contributed by atoms with Crippen molar-refractivity contribution in [1.82, 2.24) is 30.0 Å². The van der Waals surface area contributed by atoms with Crippen molar-refractivity contribution in [2.75, 3.05) is 26.2 Å². The first kappa shape index (κ1) is 24.5. The molecule has 0 spiro atoms. The van der Waals surface area contributed by atoms with Crippen LogP contribution in [0.5, 0.6) is 5.75 Å². The molecule has 0 saturated carbocycles. The minimum atomic E-state index is -0.715. The average molecular weight is 496 g/mol. The zero-order chi connectivity index (χ0) is 25.8. The van der Waals surface area contributed by atoms with Crippen molar-refractivity contribution in [3.8, 4) is 46.1 Å². The predicted octanol–water partition coefficient (Wildman–Crippen LogP) is 4.84. The number of likely N-dealkylation sites (tertiary alicyclic amines) is 1. The number of hydrogen-bond donors (Lipinski definition) is 0. The molecule has 0 bridgehead atoms. The predicted molar refractivity (Wildman–Crippen MR) is 139 cm³/mol. The van der Waals surface area contributed by atoms with E-state index in [9.17, 15) is 5.26 Å². The Balaban J connectivity index is 1.32. The largest absolute Gasteiger partial charge is 0.492 e. The van der Waals surface area contributed by atoms with Gasteiger partial charge in [0.1, 0.15) is 18.1 Å². The molecule has 1 aliphatic rings. The number of hydrogen-bond acceptors (Lipinski definition) is 9. The molecule has 0 aliphatic carbocycles. The number of pyridine rings is 1. The van der Waals surface area contributed by atoms with Gasteiger partial charge in [-0.15, -0.1) is 10.2 Å². The molecule has 4 aromatic rings.